The zero-order valence-corrected chi connectivity index (χ0v) is 12.6. The van der Waals surface area contributed by atoms with Crippen LogP contribution in [0.2, 0.25) is 0 Å². The first-order valence-electron chi connectivity index (χ1n) is 7.60. The average Bonchev–Trinajstić information content (AvgIpc) is 3.12. The summed E-state index contributed by atoms with van der Waals surface area (Å²) < 4.78 is 24.7. The van der Waals surface area contributed by atoms with E-state index in [9.17, 15) is 9.18 Å². The van der Waals surface area contributed by atoms with Crippen LogP contribution in [-0.4, -0.2) is 32.2 Å². The van der Waals surface area contributed by atoms with Gasteiger partial charge in [0, 0.05) is 23.6 Å². The number of fused-ring (bicyclic) bond motifs is 2. The van der Waals surface area contributed by atoms with E-state index in [1.54, 1.807) is 11.0 Å². The van der Waals surface area contributed by atoms with Gasteiger partial charge < -0.3 is 14.4 Å². The summed E-state index contributed by atoms with van der Waals surface area (Å²) >= 11 is 0. The largest absolute Gasteiger partial charge is 0.336 e. The maximum atomic E-state index is 13.6. The number of amides is 1. The summed E-state index contributed by atoms with van der Waals surface area (Å²) in [7, 11) is 0. The highest BCUT2D eigenvalue weighted by atomic mass is 19.1. The van der Waals surface area contributed by atoms with Crippen molar-refractivity contribution in [3.63, 3.8) is 0 Å². The van der Waals surface area contributed by atoms with Crippen LogP contribution in [0.3, 0.4) is 0 Å². The molecule has 3 rings (SSSR count). The third-order valence-electron chi connectivity index (χ3n) is 4.03. The minimum Gasteiger partial charge on any atom is -0.336 e. The average molecular weight is 320 g/mol. The Balaban J connectivity index is 1.74. The van der Waals surface area contributed by atoms with E-state index < -0.39 is 11.6 Å². The number of halogens is 1. The van der Waals surface area contributed by atoms with Crippen LogP contribution >= 0.6 is 0 Å². The molecule has 2 aliphatic heterocycles. The molecule has 2 heterocycles. The lowest BCUT2D eigenvalue weighted by Gasteiger charge is -2.22. The van der Waals surface area contributed by atoms with Gasteiger partial charge in [-0.3, -0.25) is 4.79 Å². The third kappa shape index (κ3) is 2.76. The van der Waals surface area contributed by atoms with Crippen LogP contribution in [0.5, 0.6) is 0 Å². The van der Waals surface area contributed by atoms with Crippen LogP contribution in [-0.2, 0) is 20.1 Å². The summed E-state index contributed by atoms with van der Waals surface area (Å²) in [5.74, 6) is -2.21. The molecule has 2 aliphatic rings. The second-order valence-electron chi connectivity index (χ2n) is 5.45. The standard InChI is InChI=1S/C15H17FN4O3/c16-11-4-5-13-12(10-11)15(22-8-9-23-15)14(21)20(13)7-3-1-2-6-18-19-17/h4-5,10H,1-3,6-9H2. The fourth-order valence-corrected chi connectivity index (χ4v) is 3.00. The number of unbranched alkanes of at least 4 members (excludes halogenated alkanes) is 2. The molecule has 0 aliphatic carbocycles. The maximum Gasteiger partial charge on any atom is 0.292 e. The number of anilines is 1. The van der Waals surface area contributed by atoms with E-state index in [4.69, 9.17) is 15.0 Å². The highest BCUT2D eigenvalue weighted by Gasteiger charge is 2.55. The van der Waals surface area contributed by atoms with Crippen LogP contribution in [0.25, 0.3) is 10.4 Å². The first-order valence-corrected chi connectivity index (χ1v) is 7.60. The quantitative estimate of drug-likeness (QED) is 0.349. The SMILES string of the molecule is [N-]=[N+]=NCCCCCN1C(=O)C2(OCCO2)c2cc(F)ccc21. The van der Waals surface area contributed by atoms with E-state index in [1.807, 2.05) is 0 Å². The van der Waals surface area contributed by atoms with Crippen molar-refractivity contribution in [2.24, 2.45) is 5.11 Å². The number of carbonyl (C=O) groups is 1. The van der Waals surface area contributed by atoms with Gasteiger partial charge in [-0.15, -0.1) is 0 Å². The molecule has 122 valence electrons. The fraction of sp³-hybridized carbons (Fsp3) is 0.533. The van der Waals surface area contributed by atoms with Gasteiger partial charge in [0.25, 0.3) is 11.7 Å². The zero-order chi connectivity index (χ0) is 16.3. The van der Waals surface area contributed by atoms with E-state index in [1.165, 1.54) is 12.1 Å². The summed E-state index contributed by atoms with van der Waals surface area (Å²) in [4.78, 5) is 17.0. The molecule has 23 heavy (non-hydrogen) atoms. The van der Waals surface area contributed by atoms with Gasteiger partial charge in [0.1, 0.15) is 5.82 Å². The molecule has 0 bridgehead atoms. The van der Waals surface area contributed by atoms with Crippen LogP contribution in [0, 0.1) is 5.82 Å². The van der Waals surface area contributed by atoms with Crippen molar-refractivity contribution in [1.29, 1.82) is 0 Å². The number of hydrogen-bond donors (Lipinski definition) is 0. The number of nitrogens with zero attached hydrogens (tertiary/aromatic N) is 4. The fourth-order valence-electron chi connectivity index (χ4n) is 3.00. The van der Waals surface area contributed by atoms with Crippen LogP contribution < -0.4 is 4.90 Å². The van der Waals surface area contributed by atoms with Crippen LogP contribution in [0.1, 0.15) is 24.8 Å². The van der Waals surface area contributed by atoms with Gasteiger partial charge in [-0.1, -0.05) is 11.5 Å². The predicted octanol–water partition coefficient (Wildman–Crippen LogP) is 2.85. The topological polar surface area (TPSA) is 87.5 Å². The van der Waals surface area contributed by atoms with Crippen molar-refractivity contribution in [2.75, 3.05) is 31.2 Å². The highest BCUT2D eigenvalue weighted by Crippen LogP contribution is 2.45. The second-order valence-corrected chi connectivity index (χ2v) is 5.45. The molecular formula is C15H17FN4O3. The van der Waals surface area contributed by atoms with Crippen LogP contribution in [0.15, 0.2) is 23.3 Å². The molecule has 1 amide bonds. The van der Waals surface area contributed by atoms with Crippen molar-refractivity contribution in [2.45, 2.75) is 25.0 Å². The van der Waals surface area contributed by atoms with Crippen molar-refractivity contribution < 1.29 is 18.7 Å². The van der Waals surface area contributed by atoms with Gasteiger partial charge in [0.2, 0.25) is 0 Å². The number of benzene rings is 1. The molecule has 0 atom stereocenters. The molecule has 0 unspecified atom stereocenters. The number of hydrogen-bond acceptors (Lipinski definition) is 4. The molecule has 1 aromatic carbocycles. The van der Waals surface area contributed by atoms with Crippen molar-refractivity contribution >= 4 is 11.6 Å². The second kappa shape index (κ2) is 6.54. The molecule has 0 saturated carbocycles. The molecule has 1 aromatic rings. The van der Waals surface area contributed by atoms with Crippen molar-refractivity contribution in [3.8, 4) is 0 Å². The normalized spacial score (nSPS) is 18.3. The molecule has 1 spiro atoms. The summed E-state index contributed by atoms with van der Waals surface area (Å²) in [5.41, 5.74) is 9.30. The van der Waals surface area contributed by atoms with Gasteiger partial charge in [-0.05, 0) is 36.6 Å². The Hall–Kier alpha value is -2.15. The smallest absolute Gasteiger partial charge is 0.292 e. The summed E-state index contributed by atoms with van der Waals surface area (Å²) in [5, 5.41) is 3.48. The number of carbonyl (C=O) groups excluding carboxylic acids is 1. The zero-order valence-electron chi connectivity index (χ0n) is 12.6. The predicted molar refractivity (Wildman–Crippen MR) is 80.2 cm³/mol. The van der Waals surface area contributed by atoms with Crippen LogP contribution in [0.4, 0.5) is 10.1 Å². The van der Waals surface area contributed by atoms with E-state index in [2.05, 4.69) is 10.0 Å². The van der Waals surface area contributed by atoms with Gasteiger partial charge in [0.05, 0.1) is 18.9 Å². The number of rotatable bonds is 6. The van der Waals surface area contributed by atoms with Gasteiger partial charge in [-0.2, -0.15) is 0 Å². The molecule has 8 heteroatoms. The third-order valence-corrected chi connectivity index (χ3v) is 4.03. The monoisotopic (exact) mass is 320 g/mol. The highest BCUT2D eigenvalue weighted by molar-refractivity contribution is 6.06. The Morgan fingerprint density at radius 3 is 2.83 bits per heavy atom. The van der Waals surface area contributed by atoms with Gasteiger partial charge in [-0.25, -0.2) is 4.39 Å². The minimum atomic E-state index is -1.48. The molecule has 0 N–H and O–H groups in total. The minimum absolute atomic E-state index is 0.300. The van der Waals surface area contributed by atoms with Crippen molar-refractivity contribution in [3.05, 3.63) is 40.0 Å². The Bertz CT molecular complexity index is 654. The van der Waals surface area contributed by atoms with E-state index in [0.717, 1.165) is 19.3 Å². The molecule has 0 radical (unpaired) electrons. The number of ether oxygens (including phenoxy) is 2. The molecule has 0 aromatic heterocycles. The Kier molecular flexibility index (Phi) is 4.47. The maximum absolute atomic E-state index is 13.6. The Labute approximate surface area is 132 Å². The molecule has 1 saturated heterocycles. The lowest BCUT2D eigenvalue weighted by atomic mass is 10.1. The van der Waals surface area contributed by atoms with Gasteiger partial charge in [0.15, 0.2) is 0 Å². The summed E-state index contributed by atoms with van der Waals surface area (Å²) in [6.07, 6.45) is 2.34. The first kappa shape index (κ1) is 15.7. The van der Waals surface area contributed by atoms with Gasteiger partial charge >= 0.3 is 0 Å². The first-order chi connectivity index (χ1) is 11.2. The Morgan fingerprint density at radius 1 is 1.30 bits per heavy atom. The van der Waals surface area contributed by atoms with E-state index >= 15 is 0 Å². The lowest BCUT2D eigenvalue weighted by molar-refractivity contribution is -0.180. The van der Waals surface area contributed by atoms with Crippen molar-refractivity contribution in [1.82, 2.24) is 0 Å². The Morgan fingerprint density at radius 2 is 2.09 bits per heavy atom. The summed E-state index contributed by atoms with van der Waals surface area (Å²) in [6, 6.07) is 4.22. The molecular weight excluding hydrogens is 303 g/mol. The lowest BCUT2D eigenvalue weighted by Crippen LogP contribution is -2.41. The molecule has 7 nitrogen and oxygen atoms in total. The van der Waals surface area contributed by atoms with E-state index in [-0.39, 0.29) is 5.91 Å². The number of azide groups is 1. The molecule has 1 fully saturated rings. The summed E-state index contributed by atoms with van der Waals surface area (Å²) in [6.45, 7) is 1.55. The van der Waals surface area contributed by atoms with E-state index in [0.29, 0.717) is 37.6 Å².